The highest BCUT2D eigenvalue weighted by Gasteiger charge is 2.00. The molecule has 0 aliphatic carbocycles. The zero-order chi connectivity index (χ0) is 14.3. The molecule has 0 saturated heterocycles. The highest BCUT2D eigenvalue weighted by molar-refractivity contribution is 5.83. The summed E-state index contributed by atoms with van der Waals surface area (Å²) in [6.45, 7) is 0.807. The van der Waals surface area contributed by atoms with E-state index in [0.29, 0.717) is 0 Å². The number of nitrogens with one attached hydrogen (secondary N) is 1. The highest BCUT2D eigenvalue weighted by Crippen LogP contribution is 2.17. The Morgan fingerprint density at radius 1 is 0.952 bits per heavy atom. The standard InChI is InChI=1S/C19H18N2/c1-2-7-16(8-3-1)9-6-13-20-14-12-17-15-21-19-11-5-4-10-18(17)19/h1-11,13,15,21H,12,14H2/b9-6-,20-13?. The lowest BCUT2D eigenvalue weighted by atomic mass is 10.1. The van der Waals surface area contributed by atoms with Crippen LogP contribution < -0.4 is 0 Å². The molecule has 2 heteroatoms. The first-order valence-electron chi connectivity index (χ1n) is 7.20. The van der Waals surface area contributed by atoms with Crippen LogP contribution in [0.4, 0.5) is 0 Å². The lowest BCUT2D eigenvalue weighted by Gasteiger charge is -1.95. The molecule has 3 aromatic rings. The van der Waals surface area contributed by atoms with Gasteiger partial charge in [0.25, 0.3) is 0 Å². The van der Waals surface area contributed by atoms with Gasteiger partial charge in [-0.3, -0.25) is 4.99 Å². The number of benzene rings is 2. The maximum absolute atomic E-state index is 4.44. The van der Waals surface area contributed by atoms with Gasteiger partial charge in [-0.2, -0.15) is 0 Å². The third kappa shape index (κ3) is 3.48. The zero-order valence-electron chi connectivity index (χ0n) is 11.9. The number of aliphatic imine (C=N–C) groups is 1. The van der Waals surface area contributed by atoms with Gasteiger partial charge >= 0.3 is 0 Å². The van der Waals surface area contributed by atoms with E-state index in [2.05, 4.69) is 58.6 Å². The van der Waals surface area contributed by atoms with E-state index in [9.17, 15) is 0 Å². The molecule has 1 heterocycles. The Morgan fingerprint density at radius 2 is 1.76 bits per heavy atom. The Labute approximate surface area is 124 Å². The SMILES string of the molecule is C(/C=C\c1ccccc1)=NCCc1c[nH]c2ccccc12. The number of nitrogens with zero attached hydrogens (tertiary/aromatic N) is 1. The Kier molecular flexibility index (Phi) is 4.27. The molecule has 104 valence electrons. The molecule has 0 unspecified atom stereocenters. The van der Waals surface area contributed by atoms with Crippen molar-refractivity contribution >= 4 is 23.2 Å². The average Bonchev–Trinajstić information content (AvgIpc) is 2.95. The Bertz CT molecular complexity index is 751. The van der Waals surface area contributed by atoms with Crippen molar-refractivity contribution < 1.29 is 0 Å². The topological polar surface area (TPSA) is 28.1 Å². The van der Waals surface area contributed by atoms with Crippen molar-refractivity contribution in [3.63, 3.8) is 0 Å². The molecular formula is C19H18N2. The summed E-state index contributed by atoms with van der Waals surface area (Å²) in [5.41, 5.74) is 3.72. The summed E-state index contributed by atoms with van der Waals surface area (Å²) in [6.07, 6.45) is 8.97. The smallest absolute Gasteiger partial charge is 0.0456 e. The first-order chi connectivity index (χ1) is 10.4. The summed E-state index contributed by atoms with van der Waals surface area (Å²) in [4.78, 5) is 7.74. The molecule has 0 amide bonds. The summed E-state index contributed by atoms with van der Waals surface area (Å²) in [7, 11) is 0. The quantitative estimate of drug-likeness (QED) is 0.664. The number of para-hydroxylation sites is 1. The minimum Gasteiger partial charge on any atom is -0.361 e. The molecule has 0 aliphatic rings. The van der Waals surface area contributed by atoms with E-state index in [0.717, 1.165) is 13.0 Å². The summed E-state index contributed by atoms with van der Waals surface area (Å²) in [5, 5.41) is 1.30. The van der Waals surface area contributed by atoms with Crippen LogP contribution in [-0.4, -0.2) is 17.7 Å². The van der Waals surface area contributed by atoms with Gasteiger partial charge in [0, 0.05) is 29.9 Å². The second-order valence-corrected chi connectivity index (χ2v) is 4.93. The van der Waals surface area contributed by atoms with Gasteiger partial charge in [0.1, 0.15) is 0 Å². The molecule has 21 heavy (non-hydrogen) atoms. The van der Waals surface area contributed by atoms with Gasteiger partial charge in [0.05, 0.1) is 0 Å². The Balaban J connectivity index is 1.54. The fraction of sp³-hybridized carbons (Fsp3) is 0.105. The van der Waals surface area contributed by atoms with Gasteiger partial charge < -0.3 is 4.98 Å². The number of allylic oxidation sites excluding steroid dienone is 1. The van der Waals surface area contributed by atoms with Crippen LogP contribution >= 0.6 is 0 Å². The first-order valence-corrected chi connectivity index (χ1v) is 7.20. The van der Waals surface area contributed by atoms with Crippen molar-refractivity contribution in [1.82, 2.24) is 4.98 Å². The maximum atomic E-state index is 4.44. The molecular weight excluding hydrogens is 256 g/mol. The molecule has 0 atom stereocenters. The molecule has 2 aromatic carbocycles. The van der Waals surface area contributed by atoms with Crippen LogP contribution in [0.25, 0.3) is 17.0 Å². The molecule has 0 fully saturated rings. The number of aromatic amines is 1. The van der Waals surface area contributed by atoms with Crippen LogP contribution in [0.5, 0.6) is 0 Å². The van der Waals surface area contributed by atoms with E-state index in [4.69, 9.17) is 0 Å². The normalized spacial score (nSPS) is 11.8. The van der Waals surface area contributed by atoms with Crippen molar-refractivity contribution in [2.24, 2.45) is 4.99 Å². The molecule has 0 radical (unpaired) electrons. The number of hydrogen-bond acceptors (Lipinski definition) is 1. The van der Waals surface area contributed by atoms with E-state index in [1.807, 2.05) is 30.5 Å². The monoisotopic (exact) mass is 274 g/mol. The van der Waals surface area contributed by atoms with Crippen molar-refractivity contribution in [1.29, 1.82) is 0 Å². The van der Waals surface area contributed by atoms with Crippen molar-refractivity contribution in [3.05, 3.63) is 78.0 Å². The number of H-pyrrole nitrogens is 1. The van der Waals surface area contributed by atoms with E-state index >= 15 is 0 Å². The van der Waals surface area contributed by atoms with Crippen LogP contribution in [-0.2, 0) is 6.42 Å². The van der Waals surface area contributed by atoms with Gasteiger partial charge in [-0.05, 0) is 29.7 Å². The van der Waals surface area contributed by atoms with Gasteiger partial charge in [-0.15, -0.1) is 0 Å². The van der Waals surface area contributed by atoms with Crippen molar-refractivity contribution in [2.75, 3.05) is 6.54 Å². The van der Waals surface area contributed by atoms with Crippen molar-refractivity contribution in [3.8, 4) is 0 Å². The fourth-order valence-electron chi connectivity index (χ4n) is 2.38. The summed E-state index contributed by atoms with van der Waals surface area (Å²) in [5.74, 6) is 0. The molecule has 0 bridgehead atoms. The number of aromatic nitrogens is 1. The predicted octanol–water partition coefficient (Wildman–Crippen LogP) is 4.49. The lowest BCUT2D eigenvalue weighted by molar-refractivity contribution is 0.982. The van der Waals surface area contributed by atoms with Gasteiger partial charge in [0.15, 0.2) is 0 Å². The minimum absolute atomic E-state index is 0.807. The molecule has 0 saturated carbocycles. The maximum Gasteiger partial charge on any atom is 0.0456 e. The fourth-order valence-corrected chi connectivity index (χ4v) is 2.38. The molecule has 1 aromatic heterocycles. The second-order valence-electron chi connectivity index (χ2n) is 4.93. The van der Waals surface area contributed by atoms with Crippen LogP contribution in [0.3, 0.4) is 0 Å². The van der Waals surface area contributed by atoms with Crippen LogP contribution in [0, 0.1) is 0 Å². The first kappa shape index (κ1) is 13.4. The van der Waals surface area contributed by atoms with Gasteiger partial charge in [-0.25, -0.2) is 0 Å². The van der Waals surface area contributed by atoms with Gasteiger partial charge in [0.2, 0.25) is 0 Å². The lowest BCUT2D eigenvalue weighted by Crippen LogP contribution is -1.87. The molecule has 1 N–H and O–H groups in total. The Hall–Kier alpha value is -2.61. The molecule has 0 aliphatic heterocycles. The Morgan fingerprint density at radius 3 is 2.67 bits per heavy atom. The minimum atomic E-state index is 0.807. The summed E-state index contributed by atoms with van der Waals surface area (Å²) < 4.78 is 0. The molecule has 0 spiro atoms. The van der Waals surface area contributed by atoms with E-state index in [1.54, 1.807) is 0 Å². The largest absolute Gasteiger partial charge is 0.361 e. The number of rotatable bonds is 5. The number of fused-ring (bicyclic) bond motifs is 1. The zero-order valence-corrected chi connectivity index (χ0v) is 11.9. The molecule has 2 nitrogen and oxygen atoms in total. The third-order valence-corrected chi connectivity index (χ3v) is 3.46. The van der Waals surface area contributed by atoms with Crippen molar-refractivity contribution in [2.45, 2.75) is 6.42 Å². The molecule has 3 rings (SSSR count). The highest BCUT2D eigenvalue weighted by atomic mass is 14.7. The van der Waals surface area contributed by atoms with Crippen LogP contribution in [0.1, 0.15) is 11.1 Å². The summed E-state index contributed by atoms with van der Waals surface area (Å²) in [6, 6.07) is 18.6. The number of hydrogen-bond donors (Lipinski definition) is 1. The van der Waals surface area contributed by atoms with E-state index in [-0.39, 0.29) is 0 Å². The van der Waals surface area contributed by atoms with E-state index in [1.165, 1.54) is 22.0 Å². The van der Waals surface area contributed by atoms with Gasteiger partial charge in [-0.1, -0.05) is 54.6 Å². The second kappa shape index (κ2) is 6.71. The third-order valence-electron chi connectivity index (χ3n) is 3.46. The average molecular weight is 274 g/mol. The van der Waals surface area contributed by atoms with Crippen LogP contribution in [0.15, 0.2) is 71.9 Å². The summed E-state index contributed by atoms with van der Waals surface area (Å²) >= 11 is 0. The van der Waals surface area contributed by atoms with Crippen LogP contribution in [0.2, 0.25) is 0 Å². The predicted molar refractivity (Wildman–Crippen MR) is 90.8 cm³/mol. The van der Waals surface area contributed by atoms with E-state index < -0.39 is 0 Å².